The Balaban J connectivity index is 2.42. The average molecular weight is 289 g/mol. The summed E-state index contributed by atoms with van der Waals surface area (Å²) in [6.45, 7) is 0.260. The molecule has 19 heavy (non-hydrogen) atoms. The van der Waals surface area contributed by atoms with Crippen molar-refractivity contribution in [2.24, 2.45) is 0 Å². The van der Waals surface area contributed by atoms with Crippen LogP contribution in [0.3, 0.4) is 0 Å². The number of aromatic nitrogens is 1. The van der Waals surface area contributed by atoms with E-state index < -0.39 is 11.7 Å². The monoisotopic (exact) mass is 289 g/mol. The fraction of sp³-hybridized carbons (Fsp3) is 0.364. The van der Waals surface area contributed by atoms with E-state index in [2.05, 4.69) is 10.3 Å². The molecule has 0 saturated heterocycles. The third-order valence-corrected chi connectivity index (χ3v) is 2.92. The minimum atomic E-state index is -4.41. The molecule has 1 amide bonds. The van der Waals surface area contributed by atoms with Gasteiger partial charge in [0, 0.05) is 12.7 Å². The van der Waals surface area contributed by atoms with Crippen LogP contribution in [0, 0.1) is 11.3 Å². The highest BCUT2D eigenvalue weighted by Gasteiger charge is 2.30. The van der Waals surface area contributed by atoms with Crippen LogP contribution in [0.15, 0.2) is 23.4 Å². The summed E-state index contributed by atoms with van der Waals surface area (Å²) in [6.07, 6.45) is -3.46. The highest BCUT2D eigenvalue weighted by molar-refractivity contribution is 7.99. The van der Waals surface area contributed by atoms with Crippen LogP contribution in [0.4, 0.5) is 13.2 Å². The molecular weight excluding hydrogens is 279 g/mol. The maximum Gasteiger partial charge on any atom is 0.417 e. The van der Waals surface area contributed by atoms with Crippen molar-refractivity contribution >= 4 is 17.7 Å². The number of hydrogen-bond donors (Lipinski definition) is 1. The molecule has 0 aliphatic carbocycles. The van der Waals surface area contributed by atoms with Crippen LogP contribution in [0.2, 0.25) is 0 Å². The first-order valence-electron chi connectivity index (χ1n) is 5.23. The third kappa shape index (κ3) is 5.61. The molecule has 0 aliphatic heterocycles. The van der Waals surface area contributed by atoms with Gasteiger partial charge in [-0.1, -0.05) is 11.8 Å². The van der Waals surface area contributed by atoms with Crippen LogP contribution >= 0.6 is 11.8 Å². The fourth-order valence-electron chi connectivity index (χ4n) is 1.08. The first-order valence-corrected chi connectivity index (χ1v) is 6.21. The van der Waals surface area contributed by atoms with Crippen molar-refractivity contribution < 1.29 is 18.0 Å². The summed E-state index contributed by atoms with van der Waals surface area (Å²) in [4.78, 5) is 14.9. The maximum atomic E-state index is 12.3. The van der Waals surface area contributed by atoms with Crippen molar-refractivity contribution in [3.05, 3.63) is 23.9 Å². The summed E-state index contributed by atoms with van der Waals surface area (Å²) in [5.74, 6) is -0.244. The molecular formula is C11H10F3N3OS. The molecule has 0 aliphatic rings. The maximum absolute atomic E-state index is 12.3. The van der Waals surface area contributed by atoms with Gasteiger partial charge in [0.1, 0.15) is 0 Å². The molecule has 1 N–H and O–H groups in total. The normalized spacial score (nSPS) is 10.8. The van der Waals surface area contributed by atoms with Gasteiger partial charge in [0.05, 0.1) is 28.8 Å². The number of nitriles is 1. The number of carbonyl (C=O) groups excluding carboxylic acids is 1. The summed E-state index contributed by atoms with van der Waals surface area (Å²) < 4.78 is 36.8. The number of alkyl halides is 3. The van der Waals surface area contributed by atoms with Crippen LogP contribution in [0.5, 0.6) is 0 Å². The zero-order valence-electron chi connectivity index (χ0n) is 9.70. The largest absolute Gasteiger partial charge is 0.417 e. The van der Waals surface area contributed by atoms with E-state index in [0.717, 1.165) is 24.0 Å². The second-order valence-corrected chi connectivity index (χ2v) is 4.43. The third-order valence-electron chi connectivity index (χ3n) is 1.97. The standard InChI is InChI=1S/C11H10F3N3OS/c12-11(13,14)8-2-3-10(17-6-8)19-7-9(18)16-5-1-4-15/h2-3,6H,1,5,7H2,(H,16,18). The van der Waals surface area contributed by atoms with E-state index in [0.29, 0.717) is 5.03 Å². The molecule has 1 rings (SSSR count). The van der Waals surface area contributed by atoms with Crippen molar-refractivity contribution in [2.45, 2.75) is 17.6 Å². The van der Waals surface area contributed by atoms with Crippen LogP contribution in [-0.2, 0) is 11.0 Å². The second-order valence-electron chi connectivity index (χ2n) is 3.43. The first kappa shape index (κ1) is 15.3. The molecule has 0 unspecified atom stereocenters. The minimum absolute atomic E-state index is 0.0454. The molecule has 0 spiro atoms. The lowest BCUT2D eigenvalue weighted by molar-refractivity contribution is -0.137. The highest BCUT2D eigenvalue weighted by atomic mass is 32.2. The van der Waals surface area contributed by atoms with Crippen LogP contribution < -0.4 is 5.32 Å². The summed E-state index contributed by atoms with van der Waals surface area (Å²) in [7, 11) is 0. The molecule has 0 radical (unpaired) electrons. The Kier molecular flexibility index (Phi) is 5.63. The van der Waals surface area contributed by atoms with Gasteiger partial charge in [-0.2, -0.15) is 18.4 Å². The Labute approximate surface area is 112 Å². The molecule has 1 aromatic heterocycles. The van der Waals surface area contributed by atoms with Crippen molar-refractivity contribution in [3.8, 4) is 6.07 Å². The molecule has 8 heteroatoms. The summed E-state index contributed by atoms with van der Waals surface area (Å²) >= 11 is 1.03. The first-order chi connectivity index (χ1) is 8.93. The van der Waals surface area contributed by atoms with E-state index in [1.165, 1.54) is 6.07 Å². The van der Waals surface area contributed by atoms with Gasteiger partial charge in [-0.25, -0.2) is 4.98 Å². The summed E-state index contributed by atoms with van der Waals surface area (Å²) in [5.41, 5.74) is -0.824. The molecule has 1 heterocycles. The quantitative estimate of drug-likeness (QED) is 0.667. The molecule has 4 nitrogen and oxygen atoms in total. The Bertz CT molecular complexity index is 468. The van der Waals surface area contributed by atoms with Gasteiger partial charge in [0.15, 0.2) is 0 Å². The van der Waals surface area contributed by atoms with Gasteiger partial charge in [-0.15, -0.1) is 0 Å². The average Bonchev–Trinajstić information content (AvgIpc) is 2.36. The predicted molar refractivity (Wildman–Crippen MR) is 63.2 cm³/mol. The number of nitrogens with one attached hydrogen (secondary N) is 1. The molecule has 0 aromatic carbocycles. The van der Waals surface area contributed by atoms with Crippen LogP contribution in [-0.4, -0.2) is 23.2 Å². The lowest BCUT2D eigenvalue weighted by Crippen LogP contribution is -2.25. The Morgan fingerprint density at radius 2 is 2.21 bits per heavy atom. The van der Waals surface area contributed by atoms with Crippen LogP contribution in [0.1, 0.15) is 12.0 Å². The zero-order chi connectivity index (χ0) is 14.3. The number of pyridine rings is 1. The molecule has 102 valence electrons. The topological polar surface area (TPSA) is 65.8 Å². The van der Waals surface area contributed by atoms with Crippen LogP contribution in [0.25, 0.3) is 0 Å². The SMILES string of the molecule is N#CCCNC(=O)CSc1ccc(C(F)(F)F)cn1. The smallest absolute Gasteiger partial charge is 0.354 e. The lowest BCUT2D eigenvalue weighted by atomic mass is 10.3. The Hall–Kier alpha value is -1.75. The van der Waals surface area contributed by atoms with E-state index in [9.17, 15) is 18.0 Å². The molecule has 1 aromatic rings. The number of thioether (sulfide) groups is 1. The second kappa shape index (κ2) is 6.99. The van der Waals surface area contributed by atoms with Gasteiger partial charge in [-0.05, 0) is 12.1 Å². The number of rotatable bonds is 5. The molecule has 0 atom stereocenters. The molecule has 0 saturated carbocycles. The molecule has 0 bridgehead atoms. The van der Waals surface area contributed by atoms with E-state index >= 15 is 0 Å². The fourth-order valence-corrected chi connectivity index (χ4v) is 1.75. The van der Waals surface area contributed by atoms with E-state index in [1.807, 2.05) is 6.07 Å². The summed E-state index contributed by atoms with van der Waals surface area (Å²) in [5, 5.41) is 11.1. The van der Waals surface area contributed by atoms with Gasteiger partial charge >= 0.3 is 6.18 Å². The van der Waals surface area contributed by atoms with Gasteiger partial charge in [-0.3, -0.25) is 4.79 Å². The number of nitrogens with zero attached hydrogens (tertiary/aromatic N) is 2. The lowest BCUT2D eigenvalue weighted by Gasteiger charge is -2.06. The van der Waals surface area contributed by atoms with E-state index in [1.54, 1.807) is 0 Å². The van der Waals surface area contributed by atoms with Crippen molar-refractivity contribution in [1.29, 1.82) is 5.26 Å². The van der Waals surface area contributed by atoms with Crippen molar-refractivity contribution in [1.82, 2.24) is 10.3 Å². The minimum Gasteiger partial charge on any atom is -0.354 e. The zero-order valence-corrected chi connectivity index (χ0v) is 10.5. The van der Waals surface area contributed by atoms with Gasteiger partial charge in [0.2, 0.25) is 5.91 Å². The Morgan fingerprint density at radius 1 is 1.47 bits per heavy atom. The Morgan fingerprint density at radius 3 is 2.74 bits per heavy atom. The van der Waals surface area contributed by atoms with Gasteiger partial charge < -0.3 is 5.32 Å². The predicted octanol–water partition coefficient (Wildman–Crippen LogP) is 2.22. The number of amides is 1. The molecule has 0 fully saturated rings. The number of halogens is 3. The van der Waals surface area contributed by atoms with Crippen molar-refractivity contribution in [3.63, 3.8) is 0 Å². The van der Waals surface area contributed by atoms with Crippen molar-refractivity contribution in [2.75, 3.05) is 12.3 Å². The van der Waals surface area contributed by atoms with Gasteiger partial charge in [0.25, 0.3) is 0 Å². The number of hydrogen-bond acceptors (Lipinski definition) is 4. The highest BCUT2D eigenvalue weighted by Crippen LogP contribution is 2.29. The van der Waals surface area contributed by atoms with E-state index in [4.69, 9.17) is 5.26 Å². The summed E-state index contributed by atoms with van der Waals surface area (Å²) in [6, 6.07) is 4.01. The van der Waals surface area contributed by atoms with E-state index in [-0.39, 0.29) is 24.6 Å². The number of carbonyl (C=O) groups is 1.